The quantitative estimate of drug-likeness (QED) is 0.472. The fourth-order valence-electron chi connectivity index (χ4n) is 2.79. The molecule has 0 unspecified atom stereocenters. The van der Waals surface area contributed by atoms with E-state index in [-0.39, 0.29) is 21.4 Å². The molecule has 166 valence electrons. The summed E-state index contributed by atoms with van der Waals surface area (Å²) in [4.78, 5) is 24.7. The van der Waals surface area contributed by atoms with E-state index < -0.39 is 15.7 Å². The smallest absolute Gasteiger partial charge is 0.255 e. The molecule has 0 aliphatic heterocycles. The Kier molecular flexibility index (Phi) is 7.95. The van der Waals surface area contributed by atoms with Gasteiger partial charge in [-0.25, -0.2) is 8.42 Å². The minimum Gasteiger partial charge on any atom is -0.325 e. The van der Waals surface area contributed by atoms with Crippen molar-refractivity contribution in [3.63, 3.8) is 0 Å². The first kappa shape index (κ1) is 23.8. The van der Waals surface area contributed by atoms with Crippen molar-refractivity contribution in [3.8, 4) is 0 Å². The average molecular weight is 489 g/mol. The molecule has 2 N–H and O–H groups in total. The molecule has 0 saturated carbocycles. The van der Waals surface area contributed by atoms with Crippen molar-refractivity contribution in [1.29, 1.82) is 0 Å². The van der Waals surface area contributed by atoms with E-state index in [0.717, 1.165) is 17.6 Å². The van der Waals surface area contributed by atoms with E-state index in [2.05, 4.69) is 10.6 Å². The first-order chi connectivity index (χ1) is 15.2. The van der Waals surface area contributed by atoms with Crippen LogP contribution in [0, 0.1) is 0 Å². The zero-order valence-electron chi connectivity index (χ0n) is 17.2. The molecule has 0 bridgehead atoms. The molecule has 0 spiro atoms. The lowest BCUT2D eigenvalue weighted by molar-refractivity contribution is -0.113. The molecule has 0 aromatic heterocycles. The fourth-order valence-corrected chi connectivity index (χ4v) is 4.47. The highest BCUT2D eigenvalue weighted by Gasteiger charge is 2.13. The maximum atomic E-state index is 12.5. The van der Waals surface area contributed by atoms with Crippen molar-refractivity contribution < 1.29 is 18.0 Å². The maximum absolute atomic E-state index is 12.5. The van der Waals surface area contributed by atoms with Crippen LogP contribution in [-0.2, 0) is 20.4 Å². The first-order valence-corrected chi connectivity index (χ1v) is 13.0. The van der Waals surface area contributed by atoms with E-state index in [9.17, 15) is 18.0 Å². The number of amides is 2. The van der Waals surface area contributed by atoms with Gasteiger partial charge in [-0.15, -0.1) is 11.8 Å². The summed E-state index contributed by atoms with van der Waals surface area (Å²) in [6.45, 7) is 0. The van der Waals surface area contributed by atoms with Gasteiger partial charge in [0.25, 0.3) is 5.91 Å². The van der Waals surface area contributed by atoms with Crippen LogP contribution in [0.5, 0.6) is 0 Å². The van der Waals surface area contributed by atoms with Gasteiger partial charge in [0.05, 0.1) is 21.4 Å². The summed E-state index contributed by atoms with van der Waals surface area (Å²) >= 11 is 7.77. The third-order valence-corrected chi connectivity index (χ3v) is 6.80. The summed E-state index contributed by atoms with van der Waals surface area (Å²) in [6, 6.07) is 20.4. The summed E-state index contributed by atoms with van der Waals surface area (Å²) < 4.78 is 23.4. The Morgan fingerprint density at radius 2 is 1.69 bits per heavy atom. The second kappa shape index (κ2) is 10.7. The van der Waals surface area contributed by atoms with Crippen molar-refractivity contribution in [2.75, 3.05) is 22.6 Å². The zero-order chi connectivity index (χ0) is 23.1. The number of anilines is 2. The number of halogens is 1. The summed E-state index contributed by atoms with van der Waals surface area (Å²) in [5, 5.41) is 5.68. The summed E-state index contributed by atoms with van der Waals surface area (Å²) in [5.74, 6) is 0.380. The predicted octanol–water partition coefficient (Wildman–Crippen LogP) is 4.87. The molecule has 0 radical (unpaired) electrons. The highest BCUT2D eigenvalue weighted by atomic mass is 35.5. The van der Waals surface area contributed by atoms with Gasteiger partial charge in [-0.3, -0.25) is 9.59 Å². The molecule has 9 heteroatoms. The molecule has 32 heavy (non-hydrogen) atoms. The fraction of sp³-hybridized carbons (Fsp3) is 0.130. The van der Waals surface area contributed by atoms with Crippen LogP contribution in [-0.4, -0.2) is 32.2 Å². The molecule has 2 amide bonds. The van der Waals surface area contributed by atoms with Crippen LogP contribution in [0.15, 0.2) is 77.7 Å². The molecule has 0 aliphatic rings. The monoisotopic (exact) mass is 488 g/mol. The van der Waals surface area contributed by atoms with Gasteiger partial charge in [0.15, 0.2) is 9.84 Å². The largest absolute Gasteiger partial charge is 0.325 e. The molecule has 0 aliphatic carbocycles. The van der Waals surface area contributed by atoms with Gasteiger partial charge >= 0.3 is 0 Å². The van der Waals surface area contributed by atoms with E-state index >= 15 is 0 Å². The Morgan fingerprint density at radius 1 is 0.938 bits per heavy atom. The number of hydrogen-bond acceptors (Lipinski definition) is 5. The van der Waals surface area contributed by atoms with Gasteiger partial charge in [0.1, 0.15) is 0 Å². The summed E-state index contributed by atoms with van der Waals surface area (Å²) in [6.07, 6.45) is 1.08. The van der Waals surface area contributed by atoms with Crippen molar-refractivity contribution in [2.24, 2.45) is 0 Å². The van der Waals surface area contributed by atoms with Gasteiger partial charge in [-0.2, -0.15) is 0 Å². The van der Waals surface area contributed by atoms with Crippen molar-refractivity contribution >= 4 is 56.4 Å². The molecule has 0 heterocycles. The number of hydrogen-bond donors (Lipinski definition) is 2. The normalized spacial score (nSPS) is 11.1. The Morgan fingerprint density at radius 3 is 2.38 bits per heavy atom. The Hall–Kier alpha value is -2.81. The van der Waals surface area contributed by atoms with E-state index in [1.807, 2.05) is 30.3 Å². The van der Waals surface area contributed by atoms with Crippen LogP contribution in [0.4, 0.5) is 11.4 Å². The van der Waals surface area contributed by atoms with Gasteiger partial charge in [-0.1, -0.05) is 48.0 Å². The molecule has 6 nitrogen and oxygen atoms in total. The Labute approximate surface area is 196 Å². The molecular weight excluding hydrogens is 468 g/mol. The van der Waals surface area contributed by atoms with Crippen LogP contribution < -0.4 is 10.6 Å². The highest BCUT2D eigenvalue weighted by molar-refractivity contribution is 7.99. The van der Waals surface area contributed by atoms with Gasteiger partial charge in [-0.05, 0) is 42.0 Å². The first-order valence-electron chi connectivity index (χ1n) is 9.55. The Balaban J connectivity index is 1.57. The van der Waals surface area contributed by atoms with Gasteiger partial charge < -0.3 is 10.6 Å². The minimum absolute atomic E-state index is 0.0550. The van der Waals surface area contributed by atoms with Crippen molar-refractivity contribution in [2.45, 2.75) is 10.6 Å². The van der Waals surface area contributed by atoms with Crippen LogP contribution >= 0.6 is 23.4 Å². The number of rotatable bonds is 8. The molecule has 0 atom stereocenters. The lowest BCUT2D eigenvalue weighted by Gasteiger charge is -2.11. The second-order valence-corrected chi connectivity index (χ2v) is 10.4. The Bertz CT molecular complexity index is 1230. The molecule has 3 aromatic carbocycles. The number of carbonyl (C=O) groups is 2. The molecular formula is C23H21ClN2O4S2. The van der Waals surface area contributed by atoms with Crippen molar-refractivity contribution in [3.05, 3.63) is 88.9 Å². The topological polar surface area (TPSA) is 92.3 Å². The number of carbonyl (C=O) groups excluding carboxylic acids is 2. The lowest BCUT2D eigenvalue weighted by Crippen LogP contribution is -2.15. The minimum atomic E-state index is -3.43. The lowest BCUT2D eigenvalue weighted by atomic mass is 10.2. The third kappa shape index (κ3) is 6.85. The standard InChI is InChI=1S/C23H21ClN2O4S2/c1-32(29,30)19-9-5-8-17(12-19)23(28)26-21-11-10-18(13-20(21)24)25-22(27)15-31-14-16-6-3-2-4-7-16/h2-13H,14-15H2,1H3,(H,25,27)(H,26,28). The maximum Gasteiger partial charge on any atom is 0.255 e. The second-order valence-electron chi connectivity index (χ2n) is 6.98. The van der Waals surface area contributed by atoms with Gasteiger partial charge in [0, 0.05) is 23.3 Å². The summed E-state index contributed by atoms with van der Waals surface area (Å²) in [5.41, 5.74) is 2.20. The summed E-state index contributed by atoms with van der Waals surface area (Å²) in [7, 11) is -3.43. The number of thioether (sulfide) groups is 1. The number of nitrogens with one attached hydrogen (secondary N) is 2. The molecule has 0 saturated heterocycles. The SMILES string of the molecule is CS(=O)(=O)c1cccc(C(=O)Nc2ccc(NC(=O)CSCc3ccccc3)cc2Cl)c1. The molecule has 0 fully saturated rings. The van der Waals surface area contributed by atoms with Crippen LogP contribution in [0.25, 0.3) is 0 Å². The number of sulfone groups is 1. The average Bonchev–Trinajstić information content (AvgIpc) is 2.76. The zero-order valence-corrected chi connectivity index (χ0v) is 19.6. The van der Waals surface area contributed by atoms with E-state index in [1.165, 1.54) is 36.0 Å². The van der Waals surface area contributed by atoms with E-state index in [4.69, 9.17) is 11.6 Å². The van der Waals surface area contributed by atoms with Crippen LogP contribution in [0.3, 0.4) is 0 Å². The third-order valence-electron chi connectivity index (χ3n) is 4.37. The molecule has 3 rings (SSSR count). The van der Waals surface area contributed by atoms with Crippen LogP contribution in [0.2, 0.25) is 5.02 Å². The van der Waals surface area contributed by atoms with E-state index in [1.54, 1.807) is 18.2 Å². The van der Waals surface area contributed by atoms with Crippen molar-refractivity contribution in [1.82, 2.24) is 0 Å². The molecule has 3 aromatic rings. The van der Waals surface area contributed by atoms with Crippen LogP contribution in [0.1, 0.15) is 15.9 Å². The van der Waals surface area contributed by atoms with E-state index in [0.29, 0.717) is 17.1 Å². The highest BCUT2D eigenvalue weighted by Crippen LogP contribution is 2.26. The number of benzene rings is 3. The predicted molar refractivity (Wildman–Crippen MR) is 130 cm³/mol. The van der Waals surface area contributed by atoms with Gasteiger partial charge in [0.2, 0.25) is 5.91 Å².